The molecule has 0 aliphatic carbocycles. The van der Waals surface area contributed by atoms with E-state index in [1.165, 1.54) is 31.4 Å². The Kier molecular flexibility index (Phi) is 7.09. The lowest BCUT2D eigenvalue weighted by atomic mass is 9.96. The van der Waals surface area contributed by atoms with Gasteiger partial charge in [-0.05, 0) is 50.1 Å². The molecule has 41 heavy (non-hydrogen) atoms. The van der Waals surface area contributed by atoms with Crippen molar-refractivity contribution in [3.63, 3.8) is 0 Å². The Balaban J connectivity index is 1.74. The number of hydrogen-bond donors (Lipinski definition) is 2. The van der Waals surface area contributed by atoms with E-state index < -0.39 is 29.5 Å². The first-order valence-electron chi connectivity index (χ1n) is 12.5. The minimum Gasteiger partial charge on any atom is -0.505 e. The smallest absolute Gasteiger partial charge is 0.350 e. The molecule has 210 valence electrons. The number of ether oxygens (including phenoxy) is 2. The lowest BCUT2D eigenvalue weighted by Crippen LogP contribution is -2.29. The number of pyridine rings is 1. The first kappa shape index (κ1) is 27.6. The number of benzene rings is 1. The van der Waals surface area contributed by atoms with Gasteiger partial charge in [-0.25, -0.2) is 14.8 Å². The fourth-order valence-electron chi connectivity index (χ4n) is 4.76. The van der Waals surface area contributed by atoms with Gasteiger partial charge in [-0.1, -0.05) is 36.1 Å². The third-order valence-electron chi connectivity index (χ3n) is 6.78. The van der Waals surface area contributed by atoms with Crippen LogP contribution in [0.25, 0.3) is 11.4 Å². The second-order valence-corrected chi connectivity index (χ2v) is 10.3. The largest absolute Gasteiger partial charge is 0.505 e. The van der Waals surface area contributed by atoms with Crippen molar-refractivity contribution in [1.29, 1.82) is 0 Å². The van der Waals surface area contributed by atoms with Gasteiger partial charge in [0.25, 0.3) is 5.78 Å². The summed E-state index contributed by atoms with van der Waals surface area (Å²) in [5.74, 6) is -3.10. The highest BCUT2D eigenvalue weighted by atomic mass is 32.1. The van der Waals surface area contributed by atoms with Crippen LogP contribution in [0.15, 0.2) is 54.8 Å². The standard InChI is InChI=1S/C29H26N4O7S/c1-6-12-40-28(38)25-15(3)30-29(41-25)33-22(17-9-10-18(34)19(13-17)39-5)20(24(36)27(33)37)23(35)21-16(4)32-11-7-8-14(2)26(32)31-21/h6-11,13,22,34-35H,1,12H2,2-5H3. The van der Waals surface area contributed by atoms with Crippen LogP contribution in [0.4, 0.5) is 5.13 Å². The van der Waals surface area contributed by atoms with Gasteiger partial charge in [0.15, 0.2) is 22.4 Å². The first-order chi connectivity index (χ1) is 19.6. The van der Waals surface area contributed by atoms with Crippen molar-refractivity contribution < 1.29 is 34.1 Å². The van der Waals surface area contributed by atoms with E-state index in [4.69, 9.17) is 9.47 Å². The number of rotatable bonds is 7. The minimum atomic E-state index is -1.18. The molecule has 0 saturated carbocycles. The van der Waals surface area contributed by atoms with Crippen LogP contribution < -0.4 is 9.64 Å². The topological polar surface area (TPSA) is 144 Å². The van der Waals surface area contributed by atoms with Gasteiger partial charge in [0.2, 0.25) is 0 Å². The maximum Gasteiger partial charge on any atom is 0.350 e. The van der Waals surface area contributed by atoms with Crippen molar-refractivity contribution in [1.82, 2.24) is 14.4 Å². The van der Waals surface area contributed by atoms with Gasteiger partial charge in [0.05, 0.1) is 30.1 Å². The predicted molar refractivity (Wildman–Crippen MR) is 151 cm³/mol. The molecule has 1 saturated heterocycles. The number of phenolic OH excluding ortho intramolecular Hbond substituents is 1. The first-order valence-corrected chi connectivity index (χ1v) is 13.3. The number of aromatic nitrogens is 3. The van der Waals surface area contributed by atoms with E-state index in [0.717, 1.165) is 21.8 Å². The van der Waals surface area contributed by atoms with Crippen molar-refractivity contribution in [2.75, 3.05) is 18.6 Å². The number of aromatic hydroxyl groups is 1. The summed E-state index contributed by atoms with van der Waals surface area (Å²) in [5.41, 5.74) is 2.56. The molecular weight excluding hydrogens is 548 g/mol. The predicted octanol–water partition coefficient (Wildman–Crippen LogP) is 4.40. The number of aryl methyl sites for hydroxylation is 3. The number of Topliss-reactive ketones (excluding diaryl/α,β-unsaturated/α-hetero) is 1. The van der Waals surface area contributed by atoms with Gasteiger partial charge >= 0.3 is 11.9 Å². The van der Waals surface area contributed by atoms with E-state index >= 15 is 0 Å². The van der Waals surface area contributed by atoms with E-state index in [-0.39, 0.29) is 39.4 Å². The number of aliphatic hydroxyl groups is 1. The number of phenols is 1. The fourth-order valence-corrected chi connectivity index (χ4v) is 5.75. The van der Waals surface area contributed by atoms with Gasteiger partial charge in [-0.2, -0.15) is 0 Å². The van der Waals surface area contributed by atoms with Crippen LogP contribution in [0.2, 0.25) is 0 Å². The third kappa shape index (κ3) is 4.51. The number of aliphatic hydroxyl groups excluding tert-OH is 1. The van der Waals surface area contributed by atoms with E-state index in [0.29, 0.717) is 22.6 Å². The molecule has 1 amide bonds. The van der Waals surface area contributed by atoms with E-state index in [2.05, 4.69) is 16.5 Å². The van der Waals surface area contributed by atoms with Crippen molar-refractivity contribution in [3.8, 4) is 11.5 Å². The number of nitrogens with zero attached hydrogens (tertiary/aromatic N) is 4. The molecular formula is C29H26N4O7S. The van der Waals surface area contributed by atoms with Crippen LogP contribution in [-0.2, 0) is 14.3 Å². The Morgan fingerprint density at radius 3 is 2.63 bits per heavy atom. The molecule has 0 spiro atoms. The van der Waals surface area contributed by atoms with Crippen LogP contribution >= 0.6 is 11.3 Å². The van der Waals surface area contributed by atoms with Crippen LogP contribution in [0.1, 0.15) is 43.9 Å². The summed E-state index contributed by atoms with van der Waals surface area (Å²) >= 11 is 0.879. The number of carbonyl (C=O) groups excluding carboxylic acids is 3. The van der Waals surface area contributed by atoms with Crippen LogP contribution in [0, 0.1) is 20.8 Å². The number of esters is 1. The van der Waals surface area contributed by atoms with Gasteiger partial charge < -0.3 is 24.1 Å². The lowest BCUT2D eigenvalue weighted by molar-refractivity contribution is -0.132. The monoisotopic (exact) mass is 574 g/mol. The molecule has 4 heterocycles. The molecule has 3 aromatic heterocycles. The summed E-state index contributed by atoms with van der Waals surface area (Å²) in [6.45, 7) is 8.72. The molecule has 1 atom stereocenters. The average Bonchev–Trinajstić information content (AvgIpc) is 3.59. The van der Waals surface area contributed by atoms with Gasteiger partial charge in [0, 0.05) is 6.20 Å². The molecule has 12 heteroatoms. The zero-order valence-corrected chi connectivity index (χ0v) is 23.5. The molecule has 1 aromatic carbocycles. The number of methoxy groups -OCH3 is 1. The Hall–Kier alpha value is -4.97. The minimum absolute atomic E-state index is 0.0127. The molecule has 1 fully saturated rings. The Morgan fingerprint density at radius 2 is 1.95 bits per heavy atom. The molecule has 1 aliphatic rings. The van der Waals surface area contributed by atoms with Crippen molar-refractivity contribution in [2.24, 2.45) is 0 Å². The van der Waals surface area contributed by atoms with Crippen molar-refractivity contribution >= 4 is 45.5 Å². The highest BCUT2D eigenvalue weighted by molar-refractivity contribution is 7.17. The van der Waals surface area contributed by atoms with Crippen molar-refractivity contribution in [3.05, 3.63) is 87.8 Å². The number of anilines is 1. The Labute approximate surface area is 238 Å². The number of fused-ring (bicyclic) bond motifs is 1. The van der Waals surface area contributed by atoms with E-state index in [9.17, 15) is 24.6 Å². The summed E-state index contributed by atoms with van der Waals surface area (Å²) in [5, 5.41) is 21.9. The summed E-state index contributed by atoms with van der Waals surface area (Å²) in [6.07, 6.45) is 3.21. The second-order valence-electron chi connectivity index (χ2n) is 9.33. The summed E-state index contributed by atoms with van der Waals surface area (Å²) < 4.78 is 12.2. The number of amides is 1. The zero-order valence-electron chi connectivity index (χ0n) is 22.7. The molecule has 1 unspecified atom stereocenters. The fraction of sp³-hybridized carbons (Fsp3) is 0.207. The highest BCUT2D eigenvalue weighted by Crippen LogP contribution is 2.45. The quantitative estimate of drug-likeness (QED) is 0.108. The zero-order chi connectivity index (χ0) is 29.6. The lowest BCUT2D eigenvalue weighted by Gasteiger charge is -2.23. The SMILES string of the molecule is C=CCOC(=O)c1sc(N2C(=O)C(=O)C(=C(O)c3nc4c(C)cccn4c3C)C2c2ccc(O)c(OC)c2)nc1C. The maximum absolute atomic E-state index is 13.6. The Morgan fingerprint density at radius 1 is 1.20 bits per heavy atom. The van der Waals surface area contributed by atoms with Gasteiger partial charge in [0.1, 0.15) is 22.8 Å². The van der Waals surface area contributed by atoms with E-state index in [1.807, 2.05) is 19.1 Å². The van der Waals surface area contributed by atoms with E-state index in [1.54, 1.807) is 24.4 Å². The van der Waals surface area contributed by atoms with Crippen molar-refractivity contribution in [2.45, 2.75) is 26.8 Å². The van der Waals surface area contributed by atoms with Gasteiger partial charge in [-0.15, -0.1) is 0 Å². The normalized spacial score (nSPS) is 16.4. The summed E-state index contributed by atoms with van der Waals surface area (Å²) in [4.78, 5) is 50.1. The maximum atomic E-state index is 13.6. The molecule has 2 N–H and O–H groups in total. The highest BCUT2D eigenvalue weighted by Gasteiger charge is 2.49. The number of imidazole rings is 1. The molecule has 0 radical (unpaired) electrons. The average molecular weight is 575 g/mol. The second kappa shape index (κ2) is 10.5. The van der Waals surface area contributed by atoms with Crippen LogP contribution in [0.3, 0.4) is 0 Å². The molecule has 5 rings (SSSR count). The number of thiazole rings is 1. The molecule has 4 aromatic rings. The number of hydrogen-bond acceptors (Lipinski definition) is 10. The molecule has 0 bridgehead atoms. The number of carbonyl (C=O) groups is 3. The van der Waals surface area contributed by atoms with Crippen LogP contribution in [0.5, 0.6) is 11.5 Å². The molecule has 1 aliphatic heterocycles. The van der Waals surface area contributed by atoms with Crippen LogP contribution in [-0.4, -0.2) is 56.0 Å². The molecule has 11 nitrogen and oxygen atoms in total. The third-order valence-corrected chi connectivity index (χ3v) is 7.92. The summed E-state index contributed by atoms with van der Waals surface area (Å²) in [7, 11) is 1.36. The summed E-state index contributed by atoms with van der Waals surface area (Å²) in [6, 6.07) is 6.86. The number of ketones is 1. The van der Waals surface area contributed by atoms with Gasteiger partial charge in [-0.3, -0.25) is 14.5 Å². The Bertz CT molecular complexity index is 1780.